The normalized spacial score (nSPS) is 30.0. The van der Waals surface area contributed by atoms with Crippen LogP contribution in [0.4, 0.5) is 5.82 Å². The molecule has 3 heterocycles. The van der Waals surface area contributed by atoms with Crippen LogP contribution < -0.4 is 5.73 Å². The molecule has 2 aromatic rings. The fourth-order valence-electron chi connectivity index (χ4n) is 3.36. The second kappa shape index (κ2) is 7.66. The van der Waals surface area contributed by atoms with Crippen LogP contribution >= 0.6 is 7.60 Å². The summed E-state index contributed by atoms with van der Waals surface area (Å²) in [4.78, 5) is 12.7. The molecule has 1 saturated heterocycles. The molecule has 0 saturated carbocycles. The highest BCUT2D eigenvalue weighted by atomic mass is 31.2. The van der Waals surface area contributed by atoms with Gasteiger partial charge in [-0.05, 0) is 13.8 Å². The highest BCUT2D eigenvalue weighted by Crippen LogP contribution is 2.49. The van der Waals surface area contributed by atoms with Crippen molar-refractivity contribution in [1.82, 2.24) is 19.5 Å². The van der Waals surface area contributed by atoms with Crippen LogP contribution in [0.25, 0.3) is 11.2 Å². The van der Waals surface area contributed by atoms with Crippen LogP contribution in [-0.4, -0.2) is 68.4 Å². The van der Waals surface area contributed by atoms with E-state index in [0.29, 0.717) is 17.0 Å². The second-order valence-electron chi connectivity index (χ2n) is 7.10. The standard InChI is InChI=1S/C16H26N5O6P/c1-5-25-28(4,24)26-6-10-12(23)16(3,7-22)15(27-10)21-8-18-11-13(17)19-9(2)20-14(11)21/h8,10,12,15,22-23H,5-7H2,1-4H3,(H2,17,19,20)/t10-,12+,15-,16?,28?/m1/s1. The Morgan fingerprint density at radius 1 is 1.43 bits per heavy atom. The summed E-state index contributed by atoms with van der Waals surface area (Å²) >= 11 is 0. The maximum atomic E-state index is 12.2. The van der Waals surface area contributed by atoms with Crippen molar-refractivity contribution in [2.45, 2.75) is 39.2 Å². The predicted molar refractivity (Wildman–Crippen MR) is 101 cm³/mol. The van der Waals surface area contributed by atoms with Crippen molar-refractivity contribution < 1.29 is 28.6 Å². The fourth-order valence-corrected chi connectivity index (χ4v) is 4.32. The number of nitrogens with zero attached hydrogens (tertiary/aromatic N) is 4. The van der Waals surface area contributed by atoms with E-state index < -0.39 is 31.4 Å². The van der Waals surface area contributed by atoms with Crippen LogP contribution in [0.15, 0.2) is 6.33 Å². The molecule has 2 unspecified atom stereocenters. The molecule has 1 fully saturated rings. The summed E-state index contributed by atoms with van der Waals surface area (Å²) in [6.45, 7) is 6.14. The lowest BCUT2D eigenvalue weighted by Crippen LogP contribution is -2.41. The predicted octanol–water partition coefficient (Wildman–Crippen LogP) is 0.850. The van der Waals surface area contributed by atoms with Gasteiger partial charge in [-0.1, -0.05) is 6.92 Å². The van der Waals surface area contributed by atoms with Gasteiger partial charge < -0.3 is 29.7 Å². The molecule has 0 spiro atoms. The maximum absolute atomic E-state index is 12.2. The van der Waals surface area contributed by atoms with E-state index in [9.17, 15) is 14.8 Å². The molecule has 1 aliphatic heterocycles. The quantitative estimate of drug-likeness (QED) is 0.554. The monoisotopic (exact) mass is 415 g/mol. The van der Waals surface area contributed by atoms with Gasteiger partial charge in [0.2, 0.25) is 0 Å². The first-order chi connectivity index (χ1) is 13.1. The van der Waals surface area contributed by atoms with Crippen LogP contribution in [0, 0.1) is 12.3 Å². The molecular formula is C16H26N5O6P. The van der Waals surface area contributed by atoms with Crippen molar-refractivity contribution in [3.63, 3.8) is 0 Å². The molecule has 2 aromatic heterocycles. The topological polar surface area (TPSA) is 155 Å². The van der Waals surface area contributed by atoms with Gasteiger partial charge in [0.25, 0.3) is 0 Å². The molecule has 11 nitrogen and oxygen atoms in total. The molecule has 0 amide bonds. The lowest BCUT2D eigenvalue weighted by molar-refractivity contribution is -0.0580. The van der Waals surface area contributed by atoms with Crippen LogP contribution in [0.1, 0.15) is 25.9 Å². The Morgan fingerprint density at radius 3 is 2.79 bits per heavy atom. The maximum Gasteiger partial charge on any atom is 0.327 e. The summed E-state index contributed by atoms with van der Waals surface area (Å²) in [5, 5.41) is 20.8. The van der Waals surface area contributed by atoms with Crippen molar-refractivity contribution in [2.24, 2.45) is 5.41 Å². The number of aryl methyl sites for hydroxylation is 1. The molecule has 12 heteroatoms. The summed E-state index contributed by atoms with van der Waals surface area (Å²) in [5.41, 5.74) is 5.66. The van der Waals surface area contributed by atoms with Crippen LogP contribution in [-0.2, 0) is 18.3 Å². The average Bonchev–Trinajstić information content (AvgIpc) is 3.14. The fraction of sp³-hybridized carbons (Fsp3) is 0.688. The number of fused-ring (bicyclic) bond motifs is 1. The molecule has 4 N–H and O–H groups in total. The van der Waals surface area contributed by atoms with E-state index in [-0.39, 0.29) is 25.6 Å². The molecule has 0 radical (unpaired) electrons. The smallest absolute Gasteiger partial charge is 0.327 e. The molecule has 1 aliphatic rings. The minimum absolute atomic E-state index is 0.163. The highest BCUT2D eigenvalue weighted by molar-refractivity contribution is 7.52. The minimum atomic E-state index is -3.26. The number of nitrogen functional groups attached to an aromatic ring is 1. The third-order valence-corrected chi connectivity index (χ3v) is 6.23. The summed E-state index contributed by atoms with van der Waals surface area (Å²) < 4.78 is 30.2. The number of hydrogen-bond acceptors (Lipinski definition) is 10. The Hall–Kier alpha value is -1.62. The van der Waals surface area contributed by atoms with E-state index >= 15 is 0 Å². The summed E-state index contributed by atoms with van der Waals surface area (Å²) in [6.07, 6.45) is -1.26. The molecule has 28 heavy (non-hydrogen) atoms. The van der Waals surface area contributed by atoms with E-state index in [4.69, 9.17) is 19.5 Å². The number of aliphatic hydroxyl groups is 2. The van der Waals surface area contributed by atoms with Gasteiger partial charge in [0.15, 0.2) is 11.5 Å². The summed E-state index contributed by atoms with van der Waals surface area (Å²) in [5.74, 6) is 0.688. The number of rotatable bonds is 7. The second-order valence-corrected chi connectivity index (χ2v) is 9.16. The van der Waals surface area contributed by atoms with E-state index in [1.165, 1.54) is 13.0 Å². The van der Waals surface area contributed by atoms with Gasteiger partial charge in [-0.15, -0.1) is 0 Å². The zero-order chi connectivity index (χ0) is 20.7. The first kappa shape index (κ1) is 21.1. The molecule has 0 aliphatic carbocycles. The van der Waals surface area contributed by atoms with Gasteiger partial charge in [-0.3, -0.25) is 9.13 Å². The highest BCUT2D eigenvalue weighted by Gasteiger charge is 2.54. The molecule has 0 aromatic carbocycles. The zero-order valence-corrected chi connectivity index (χ0v) is 17.2. The third kappa shape index (κ3) is 3.66. The largest absolute Gasteiger partial charge is 0.396 e. The SMILES string of the molecule is CCOP(C)(=O)OC[C@H]1O[C@@H](n2cnc3c(N)nc(C)nc32)C(C)(CO)[C@H]1O. The van der Waals surface area contributed by atoms with E-state index in [2.05, 4.69) is 15.0 Å². The van der Waals surface area contributed by atoms with Gasteiger partial charge in [0, 0.05) is 6.66 Å². The lowest BCUT2D eigenvalue weighted by atomic mass is 9.83. The van der Waals surface area contributed by atoms with Crippen molar-refractivity contribution in [2.75, 3.05) is 32.2 Å². The minimum Gasteiger partial charge on any atom is -0.396 e. The number of aliphatic hydroxyl groups excluding tert-OH is 2. The van der Waals surface area contributed by atoms with Gasteiger partial charge in [0.05, 0.1) is 37.7 Å². The first-order valence-electron chi connectivity index (χ1n) is 8.90. The number of imidazole rings is 1. The Kier molecular flexibility index (Phi) is 5.77. The number of nitrogens with two attached hydrogens (primary N) is 1. The van der Waals surface area contributed by atoms with E-state index in [0.717, 1.165) is 0 Å². The Bertz CT molecular complexity index is 907. The Morgan fingerprint density at radius 2 is 2.14 bits per heavy atom. The molecule has 5 atom stereocenters. The summed E-state index contributed by atoms with van der Waals surface area (Å²) in [7, 11) is -3.26. The molecule has 156 valence electrons. The molecular weight excluding hydrogens is 389 g/mol. The van der Waals surface area contributed by atoms with Crippen molar-refractivity contribution in [3.05, 3.63) is 12.2 Å². The number of anilines is 1. The lowest BCUT2D eigenvalue weighted by Gasteiger charge is -2.31. The molecule has 0 bridgehead atoms. The van der Waals surface area contributed by atoms with Gasteiger partial charge in [-0.25, -0.2) is 15.0 Å². The molecule has 3 rings (SSSR count). The van der Waals surface area contributed by atoms with Gasteiger partial charge in [-0.2, -0.15) is 0 Å². The van der Waals surface area contributed by atoms with Crippen molar-refractivity contribution in [1.29, 1.82) is 0 Å². The van der Waals surface area contributed by atoms with Crippen molar-refractivity contribution >= 4 is 24.6 Å². The number of ether oxygens (including phenoxy) is 1. The third-order valence-electron chi connectivity index (χ3n) is 4.89. The van der Waals surface area contributed by atoms with Crippen LogP contribution in [0.3, 0.4) is 0 Å². The summed E-state index contributed by atoms with van der Waals surface area (Å²) in [6, 6.07) is 0. The van der Waals surface area contributed by atoms with Gasteiger partial charge in [0.1, 0.15) is 23.7 Å². The van der Waals surface area contributed by atoms with E-state index in [1.54, 1.807) is 25.3 Å². The first-order valence-corrected chi connectivity index (χ1v) is 10.9. The van der Waals surface area contributed by atoms with Crippen molar-refractivity contribution in [3.8, 4) is 0 Å². The number of aromatic nitrogens is 4. The Balaban J connectivity index is 1.92. The van der Waals surface area contributed by atoms with Crippen LogP contribution in [0.5, 0.6) is 0 Å². The number of hydrogen-bond donors (Lipinski definition) is 3. The van der Waals surface area contributed by atoms with Crippen LogP contribution in [0.2, 0.25) is 0 Å². The van der Waals surface area contributed by atoms with E-state index in [1.807, 2.05) is 0 Å². The average molecular weight is 415 g/mol. The Labute approximate surface area is 162 Å². The zero-order valence-electron chi connectivity index (χ0n) is 16.3. The van der Waals surface area contributed by atoms with Gasteiger partial charge >= 0.3 is 7.60 Å².